The molecule has 0 aliphatic heterocycles. The fourth-order valence-corrected chi connectivity index (χ4v) is 2.09. The van der Waals surface area contributed by atoms with Crippen LogP contribution in [-0.4, -0.2) is 22.2 Å². The van der Waals surface area contributed by atoms with Crippen molar-refractivity contribution in [3.63, 3.8) is 0 Å². The average Bonchev–Trinajstić information content (AvgIpc) is 2.25. The van der Waals surface area contributed by atoms with Gasteiger partial charge in [0.1, 0.15) is 0 Å². The zero-order valence-electron chi connectivity index (χ0n) is 7.78. The summed E-state index contributed by atoms with van der Waals surface area (Å²) in [7, 11) is 0. The minimum Gasteiger partial charge on any atom is -0.481 e. The zero-order valence-corrected chi connectivity index (χ0v) is 7.78. The summed E-state index contributed by atoms with van der Waals surface area (Å²) in [5.74, 6) is -2.77. The zero-order chi connectivity index (χ0) is 10.2. The van der Waals surface area contributed by atoms with Gasteiger partial charge in [0.2, 0.25) is 0 Å². The number of hydrogen-bond donors (Lipinski definition) is 2. The van der Waals surface area contributed by atoms with Crippen LogP contribution in [0.2, 0.25) is 0 Å². The second-order valence-corrected chi connectivity index (χ2v) is 4.35. The number of carbonyl (C=O) groups is 2. The van der Waals surface area contributed by atoms with Gasteiger partial charge in [-0.3, -0.25) is 9.59 Å². The van der Waals surface area contributed by atoms with Crippen LogP contribution in [0.3, 0.4) is 0 Å². The lowest BCUT2D eigenvalue weighted by Gasteiger charge is -2.22. The van der Waals surface area contributed by atoms with Gasteiger partial charge in [-0.1, -0.05) is 13.8 Å². The molecule has 0 spiro atoms. The highest BCUT2D eigenvalue weighted by atomic mass is 16.4. The van der Waals surface area contributed by atoms with Crippen molar-refractivity contribution in [3.05, 3.63) is 0 Å². The van der Waals surface area contributed by atoms with Gasteiger partial charge in [0.25, 0.3) is 0 Å². The first kappa shape index (κ1) is 10.0. The Morgan fingerprint density at radius 2 is 1.77 bits per heavy atom. The van der Waals surface area contributed by atoms with Gasteiger partial charge in [-0.15, -0.1) is 0 Å². The molecule has 2 unspecified atom stereocenters. The molecule has 74 valence electrons. The first-order chi connectivity index (χ1) is 5.84. The van der Waals surface area contributed by atoms with Crippen LogP contribution in [0.25, 0.3) is 0 Å². The summed E-state index contributed by atoms with van der Waals surface area (Å²) in [6, 6.07) is 0. The highest BCUT2D eigenvalue weighted by Crippen LogP contribution is 2.46. The van der Waals surface area contributed by atoms with E-state index in [9.17, 15) is 9.59 Å². The van der Waals surface area contributed by atoms with Gasteiger partial charge in [-0.25, -0.2) is 0 Å². The Morgan fingerprint density at radius 3 is 2.00 bits per heavy atom. The first-order valence-corrected chi connectivity index (χ1v) is 4.30. The molecule has 1 fully saturated rings. The van der Waals surface area contributed by atoms with Crippen LogP contribution < -0.4 is 0 Å². The summed E-state index contributed by atoms with van der Waals surface area (Å²) in [5, 5.41) is 17.6. The molecule has 0 radical (unpaired) electrons. The SMILES string of the molecule is CC1(C)CC(C(=O)O)CC1C(=O)O. The molecule has 2 atom stereocenters. The van der Waals surface area contributed by atoms with Crippen LogP contribution in [0, 0.1) is 17.3 Å². The molecule has 4 heteroatoms. The molecule has 0 aromatic heterocycles. The monoisotopic (exact) mass is 186 g/mol. The van der Waals surface area contributed by atoms with Crippen molar-refractivity contribution in [2.45, 2.75) is 26.7 Å². The lowest BCUT2D eigenvalue weighted by molar-refractivity contribution is -0.144. The third-order valence-electron chi connectivity index (χ3n) is 2.88. The number of hydrogen-bond acceptors (Lipinski definition) is 2. The molecule has 0 heterocycles. The molecule has 0 amide bonds. The summed E-state index contributed by atoms with van der Waals surface area (Å²) in [6.45, 7) is 3.63. The summed E-state index contributed by atoms with van der Waals surface area (Å²) in [5.41, 5.74) is -0.394. The smallest absolute Gasteiger partial charge is 0.307 e. The summed E-state index contributed by atoms with van der Waals surface area (Å²) < 4.78 is 0. The summed E-state index contributed by atoms with van der Waals surface area (Å²) >= 11 is 0. The molecular formula is C9H14O4. The quantitative estimate of drug-likeness (QED) is 0.679. The molecular weight excluding hydrogens is 172 g/mol. The topological polar surface area (TPSA) is 74.6 Å². The third kappa shape index (κ3) is 1.82. The van der Waals surface area contributed by atoms with Gasteiger partial charge in [-0.05, 0) is 18.3 Å². The van der Waals surface area contributed by atoms with E-state index in [0.29, 0.717) is 6.42 Å². The van der Waals surface area contributed by atoms with E-state index >= 15 is 0 Å². The molecule has 1 rings (SSSR count). The van der Waals surface area contributed by atoms with Gasteiger partial charge >= 0.3 is 11.9 Å². The Labute approximate surface area is 76.6 Å². The first-order valence-electron chi connectivity index (χ1n) is 4.30. The third-order valence-corrected chi connectivity index (χ3v) is 2.88. The van der Waals surface area contributed by atoms with Crippen LogP contribution >= 0.6 is 0 Å². The molecule has 1 aliphatic carbocycles. The molecule has 0 bridgehead atoms. The van der Waals surface area contributed by atoms with Crippen molar-refractivity contribution >= 4 is 11.9 Å². The van der Waals surface area contributed by atoms with E-state index in [0.717, 1.165) is 0 Å². The molecule has 13 heavy (non-hydrogen) atoms. The lowest BCUT2D eigenvalue weighted by Crippen LogP contribution is -2.25. The highest BCUT2D eigenvalue weighted by molar-refractivity contribution is 5.76. The highest BCUT2D eigenvalue weighted by Gasteiger charge is 2.46. The van der Waals surface area contributed by atoms with Crippen LogP contribution in [0.15, 0.2) is 0 Å². The van der Waals surface area contributed by atoms with Gasteiger partial charge in [-0.2, -0.15) is 0 Å². The Kier molecular flexibility index (Phi) is 2.32. The van der Waals surface area contributed by atoms with Crippen molar-refractivity contribution in [1.82, 2.24) is 0 Å². The summed E-state index contributed by atoms with van der Waals surface area (Å²) in [4.78, 5) is 21.5. The maximum Gasteiger partial charge on any atom is 0.307 e. The van der Waals surface area contributed by atoms with Crippen LogP contribution in [0.5, 0.6) is 0 Å². The maximum atomic E-state index is 10.8. The van der Waals surface area contributed by atoms with E-state index in [1.165, 1.54) is 0 Å². The van der Waals surface area contributed by atoms with Crippen molar-refractivity contribution < 1.29 is 19.8 Å². The lowest BCUT2D eigenvalue weighted by atomic mass is 9.82. The Bertz CT molecular complexity index is 244. The summed E-state index contributed by atoms with van der Waals surface area (Å²) in [6.07, 6.45) is 0.719. The van der Waals surface area contributed by atoms with E-state index in [4.69, 9.17) is 10.2 Å². The van der Waals surface area contributed by atoms with Crippen LogP contribution in [0.1, 0.15) is 26.7 Å². The van der Waals surface area contributed by atoms with E-state index in [2.05, 4.69) is 0 Å². The maximum absolute atomic E-state index is 10.8. The van der Waals surface area contributed by atoms with Crippen molar-refractivity contribution in [2.24, 2.45) is 17.3 Å². The number of carboxylic acids is 2. The number of rotatable bonds is 2. The predicted molar refractivity (Wildman–Crippen MR) is 45.3 cm³/mol. The molecule has 0 saturated heterocycles. The number of carboxylic acid groups (broad SMARTS) is 2. The normalized spacial score (nSPS) is 31.5. The van der Waals surface area contributed by atoms with Crippen molar-refractivity contribution in [1.29, 1.82) is 0 Å². The molecule has 0 aromatic carbocycles. The van der Waals surface area contributed by atoms with Crippen molar-refractivity contribution in [2.75, 3.05) is 0 Å². The fourth-order valence-electron chi connectivity index (χ4n) is 2.09. The minimum absolute atomic E-state index is 0.262. The predicted octanol–water partition coefficient (Wildman–Crippen LogP) is 1.21. The van der Waals surface area contributed by atoms with E-state index in [1.807, 2.05) is 13.8 Å². The molecule has 1 aliphatic rings. The molecule has 0 aromatic rings. The Morgan fingerprint density at radius 1 is 1.23 bits per heavy atom. The standard InChI is InChI=1S/C9H14O4/c1-9(2)4-5(7(10)11)3-6(9)8(12)13/h5-6H,3-4H2,1-2H3,(H,10,11)(H,12,13). The van der Waals surface area contributed by atoms with Gasteiger partial charge < -0.3 is 10.2 Å². The van der Waals surface area contributed by atoms with Gasteiger partial charge in [0, 0.05) is 0 Å². The van der Waals surface area contributed by atoms with E-state index < -0.39 is 29.2 Å². The molecule has 2 N–H and O–H groups in total. The Hall–Kier alpha value is -1.06. The average molecular weight is 186 g/mol. The molecule has 1 saturated carbocycles. The molecule has 4 nitrogen and oxygen atoms in total. The van der Waals surface area contributed by atoms with E-state index in [-0.39, 0.29) is 6.42 Å². The van der Waals surface area contributed by atoms with Crippen LogP contribution in [-0.2, 0) is 9.59 Å². The second kappa shape index (κ2) is 3.01. The van der Waals surface area contributed by atoms with Gasteiger partial charge in [0.05, 0.1) is 11.8 Å². The largest absolute Gasteiger partial charge is 0.481 e. The minimum atomic E-state index is -0.881. The fraction of sp³-hybridized carbons (Fsp3) is 0.778. The van der Waals surface area contributed by atoms with Crippen molar-refractivity contribution in [3.8, 4) is 0 Å². The van der Waals surface area contributed by atoms with E-state index in [1.54, 1.807) is 0 Å². The number of aliphatic carboxylic acids is 2. The van der Waals surface area contributed by atoms with Crippen LogP contribution in [0.4, 0.5) is 0 Å². The van der Waals surface area contributed by atoms with Gasteiger partial charge in [0.15, 0.2) is 0 Å². The Balaban J connectivity index is 2.79. The second-order valence-electron chi connectivity index (χ2n) is 4.35.